The molecule has 1 aliphatic carbocycles. The molecule has 1 saturated carbocycles. The van der Waals surface area contributed by atoms with Crippen molar-refractivity contribution in [2.45, 2.75) is 25.8 Å². The number of hydrogen-bond donors (Lipinski definition) is 1. The maximum absolute atomic E-state index is 12.0. The van der Waals surface area contributed by atoms with Crippen LogP contribution in [0.2, 0.25) is 5.02 Å². The van der Waals surface area contributed by atoms with Gasteiger partial charge < -0.3 is 14.4 Å². The summed E-state index contributed by atoms with van der Waals surface area (Å²) in [7, 11) is 0. The van der Waals surface area contributed by atoms with E-state index in [2.05, 4.69) is 0 Å². The molecule has 23 heavy (non-hydrogen) atoms. The first kappa shape index (κ1) is 15.6. The van der Waals surface area contributed by atoms with E-state index in [1.807, 2.05) is 4.57 Å². The zero-order valence-electron chi connectivity index (χ0n) is 12.6. The Morgan fingerprint density at radius 1 is 1.35 bits per heavy atom. The minimum Gasteiger partial charge on any atom is -0.478 e. The van der Waals surface area contributed by atoms with Crippen LogP contribution in [0, 0.1) is 0 Å². The van der Waals surface area contributed by atoms with Crippen molar-refractivity contribution < 1.29 is 19.4 Å². The molecular formula is C17H16ClNO4. The first-order valence-electron chi connectivity index (χ1n) is 7.43. The molecule has 0 saturated heterocycles. The molecule has 6 heteroatoms. The lowest BCUT2D eigenvalue weighted by molar-refractivity contribution is 0.0526. The van der Waals surface area contributed by atoms with Gasteiger partial charge in [0, 0.05) is 22.8 Å². The maximum atomic E-state index is 12.0. The third kappa shape index (κ3) is 3.10. The van der Waals surface area contributed by atoms with E-state index in [0.29, 0.717) is 28.5 Å². The van der Waals surface area contributed by atoms with E-state index in [1.54, 1.807) is 31.3 Å². The molecule has 0 bridgehead atoms. The predicted molar refractivity (Wildman–Crippen MR) is 86.1 cm³/mol. The SMILES string of the molecule is CCOC(=O)c1cc(-c2cc(Cl)ccc2C(=O)O)n(C2CC2)c1. The van der Waals surface area contributed by atoms with Crippen LogP contribution < -0.4 is 0 Å². The van der Waals surface area contributed by atoms with Crippen molar-refractivity contribution in [2.75, 3.05) is 6.61 Å². The summed E-state index contributed by atoms with van der Waals surface area (Å²) in [6, 6.07) is 6.61. The number of carboxylic acid groups (broad SMARTS) is 1. The minimum absolute atomic E-state index is 0.157. The van der Waals surface area contributed by atoms with Gasteiger partial charge in [-0.15, -0.1) is 0 Å². The van der Waals surface area contributed by atoms with Gasteiger partial charge in [0.05, 0.1) is 23.4 Å². The maximum Gasteiger partial charge on any atom is 0.339 e. The number of ether oxygens (including phenoxy) is 1. The Kier molecular flexibility index (Phi) is 4.13. The Morgan fingerprint density at radius 2 is 2.09 bits per heavy atom. The number of aromatic nitrogens is 1. The molecule has 1 aromatic heterocycles. The molecule has 1 fully saturated rings. The molecule has 2 aromatic rings. The quantitative estimate of drug-likeness (QED) is 0.839. The number of nitrogens with zero attached hydrogens (tertiary/aromatic N) is 1. The van der Waals surface area contributed by atoms with Crippen LogP contribution in [0.5, 0.6) is 0 Å². The van der Waals surface area contributed by atoms with Gasteiger partial charge in [-0.1, -0.05) is 11.6 Å². The molecule has 5 nitrogen and oxygen atoms in total. The van der Waals surface area contributed by atoms with Crippen LogP contribution >= 0.6 is 11.6 Å². The summed E-state index contributed by atoms with van der Waals surface area (Å²) in [4.78, 5) is 23.5. The Morgan fingerprint density at radius 3 is 2.70 bits per heavy atom. The molecule has 0 spiro atoms. The van der Waals surface area contributed by atoms with Crippen molar-refractivity contribution in [1.29, 1.82) is 0 Å². The predicted octanol–water partition coefficient (Wildman–Crippen LogP) is 4.02. The zero-order valence-corrected chi connectivity index (χ0v) is 13.3. The van der Waals surface area contributed by atoms with Crippen LogP contribution in [0.1, 0.15) is 46.5 Å². The van der Waals surface area contributed by atoms with Crippen LogP contribution in [0.25, 0.3) is 11.3 Å². The van der Waals surface area contributed by atoms with Crippen molar-refractivity contribution in [2.24, 2.45) is 0 Å². The second kappa shape index (κ2) is 6.08. The average Bonchev–Trinajstić information content (AvgIpc) is 3.25. The lowest BCUT2D eigenvalue weighted by Crippen LogP contribution is -2.03. The molecular weight excluding hydrogens is 318 g/mol. The highest BCUT2D eigenvalue weighted by Gasteiger charge is 2.29. The van der Waals surface area contributed by atoms with Gasteiger partial charge >= 0.3 is 11.9 Å². The number of carbonyl (C=O) groups excluding carboxylic acids is 1. The summed E-state index contributed by atoms with van der Waals surface area (Å²) < 4.78 is 6.99. The van der Waals surface area contributed by atoms with E-state index in [1.165, 1.54) is 6.07 Å². The van der Waals surface area contributed by atoms with Crippen LogP contribution in [0.4, 0.5) is 0 Å². The Bertz CT molecular complexity index is 777. The van der Waals surface area contributed by atoms with Crippen LogP contribution in [-0.4, -0.2) is 28.2 Å². The van der Waals surface area contributed by atoms with Crippen LogP contribution in [0.15, 0.2) is 30.5 Å². The van der Waals surface area contributed by atoms with Gasteiger partial charge in [0.15, 0.2) is 0 Å². The van der Waals surface area contributed by atoms with Gasteiger partial charge in [-0.25, -0.2) is 9.59 Å². The van der Waals surface area contributed by atoms with E-state index in [9.17, 15) is 14.7 Å². The molecule has 3 rings (SSSR count). The monoisotopic (exact) mass is 333 g/mol. The second-order valence-electron chi connectivity index (χ2n) is 5.47. The van der Waals surface area contributed by atoms with Crippen LogP contribution in [0.3, 0.4) is 0 Å². The molecule has 1 heterocycles. The summed E-state index contributed by atoms with van der Waals surface area (Å²) in [5, 5.41) is 9.87. The van der Waals surface area contributed by atoms with E-state index < -0.39 is 11.9 Å². The number of halogens is 1. The molecule has 0 radical (unpaired) electrons. The van der Waals surface area contributed by atoms with Crippen molar-refractivity contribution in [3.63, 3.8) is 0 Å². The number of carboxylic acids is 1. The number of esters is 1. The lowest BCUT2D eigenvalue weighted by atomic mass is 10.0. The van der Waals surface area contributed by atoms with Crippen molar-refractivity contribution in [1.82, 2.24) is 4.57 Å². The minimum atomic E-state index is -1.03. The molecule has 1 aliphatic rings. The Labute approximate surface area is 138 Å². The molecule has 1 N–H and O–H groups in total. The van der Waals surface area contributed by atoms with E-state index in [-0.39, 0.29) is 11.6 Å². The fraction of sp³-hybridized carbons (Fsp3) is 0.294. The molecule has 1 aromatic carbocycles. The van der Waals surface area contributed by atoms with Gasteiger partial charge in [0.2, 0.25) is 0 Å². The molecule has 0 aliphatic heterocycles. The molecule has 120 valence electrons. The average molecular weight is 334 g/mol. The summed E-state index contributed by atoms with van der Waals surface area (Å²) in [6.45, 7) is 2.04. The summed E-state index contributed by atoms with van der Waals surface area (Å²) in [6.07, 6.45) is 3.75. The van der Waals surface area contributed by atoms with Gasteiger partial charge in [-0.2, -0.15) is 0 Å². The highest BCUT2D eigenvalue weighted by molar-refractivity contribution is 6.31. The fourth-order valence-electron chi connectivity index (χ4n) is 2.59. The number of hydrogen-bond acceptors (Lipinski definition) is 3. The Balaban J connectivity index is 2.14. The van der Waals surface area contributed by atoms with Crippen molar-refractivity contribution in [3.05, 3.63) is 46.6 Å². The summed E-state index contributed by atoms with van der Waals surface area (Å²) in [5.74, 6) is -1.44. The van der Waals surface area contributed by atoms with E-state index in [4.69, 9.17) is 16.3 Å². The lowest BCUT2D eigenvalue weighted by Gasteiger charge is -2.11. The first-order valence-corrected chi connectivity index (χ1v) is 7.81. The highest BCUT2D eigenvalue weighted by Crippen LogP contribution is 2.40. The highest BCUT2D eigenvalue weighted by atomic mass is 35.5. The summed E-state index contributed by atoms with van der Waals surface area (Å²) in [5.41, 5.74) is 1.76. The summed E-state index contributed by atoms with van der Waals surface area (Å²) >= 11 is 6.04. The van der Waals surface area contributed by atoms with Crippen molar-refractivity contribution in [3.8, 4) is 11.3 Å². The van der Waals surface area contributed by atoms with Gasteiger partial charge in [0.25, 0.3) is 0 Å². The van der Waals surface area contributed by atoms with E-state index in [0.717, 1.165) is 12.8 Å². The molecule has 0 atom stereocenters. The van der Waals surface area contributed by atoms with E-state index >= 15 is 0 Å². The van der Waals surface area contributed by atoms with Gasteiger partial charge in [0.1, 0.15) is 0 Å². The second-order valence-corrected chi connectivity index (χ2v) is 5.90. The first-order chi connectivity index (χ1) is 11.0. The normalized spacial score (nSPS) is 13.8. The topological polar surface area (TPSA) is 68.5 Å². The smallest absolute Gasteiger partial charge is 0.339 e. The largest absolute Gasteiger partial charge is 0.478 e. The van der Waals surface area contributed by atoms with Gasteiger partial charge in [-0.05, 0) is 44.0 Å². The van der Waals surface area contributed by atoms with Crippen molar-refractivity contribution >= 4 is 23.5 Å². The molecule has 0 unspecified atom stereocenters. The third-order valence-electron chi connectivity index (χ3n) is 3.79. The van der Waals surface area contributed by atoms with Gasteiger partial charge in [-0.3, -0.25) is 0 Å². The number of aromatic carboxylic acids is 1. The number of benzene rings is 1. The fourth-order valence-corrected chi connectivity index (χ4v) is 2.76. The Hall–Kier alpha value is -2.27. The van der Waals surface area contributed by atoms with Crippen LogP contribution in [-0.2, 0) is 4.74 Å². The standard InChI is InChI=1S/C17H16ClNO4/c1-2-23-17(22)10-7-15(19(9-10)12-4-5-12)14-8-11(18)3-6-13(14)16(20)21/h3,6-9,12H,2,4-5H2,1H3,(H,20,21). The zero-order chi connectivity index (χ0) is 16.6. The number of carbonyl (C=O) groups is 2. The molecule has 0 amide bonds. The third-order valence-corrected chi connectivity index (χ3v) is 4.02. The number of rotatable bonds is 5.